The van der Waals surface area contributed by atoms with E-state index in [-0.39, 0.29) is 28.4 Å². The number of imidazole rings is 1. The first-order valence-corrected chi connectivity index (χ1v) is 10.2. The number of rotatable bonds is 6. The Kier molecular flexibility index (Phi) is 5.06. The number of aromatic nitrogens is 3. The fraction of sp³-hybridized carbons (Fsp3) is 0.0400. The van der Waals surface area contributed by atoms with Gasteiger partial charge in [-0.05, 0) is 36.4 Å². The fourth-order valence-electron chi connectivity index (χ4n) is 3.69. The lowest BCUT2D eigenvalue weighted by molar-refractivity contribution is -0.384. The largest absolute Gasteiger partial charge is 0.497 e. The molecule has 34 heavy (non-hydrogen) atoms. The van der Waals surface area contributed by atoms with E-state index < -0.39 is 10.7 Å². The molecule has 0 fully saturated rings. The van der Waals surface area contributed by atoms with Crippen molar-refractivity contribution in [3.63, 3.8) is 0 Å². The Bertz CT molecular complexity index is 1590. The minimum atomic E-state index is -0.527. The third kappa shape index (κ3) is 3.55. The molecule has 3 aromatic carbocycles. The number of nitro benzene ring substituents is 1. The number of nitrogens with zero attached hydrogens (tertiary/aromatic N) is 4. The molecule has 9 heteroatoms. The van der Waals surface area contributed by atoms with Gasteiger partial charge in [0.25, 0.3) is 5.69 Å². The number of benzene rings is 3. The molecule has 2 aromatic heterocycles. The summed E-state index contributed by atoms with van der Waals surface area (Å²) in [6, 6.07) is 20.6. The Morgan fingerprint density at radius 2 is 1.62 bits per heavy atom. The van der Waals surface area contributed by atoms with Crippen LogP contribution in [-0.4, -0.2) is 38.2 Å². The molecule has 0 amide bonds. The van der Waals surface area contributed by atoms with Crippen molar-refractivity contribution in [2.75, 3.05) is 7.11 Å². The lowest BCUT2D eigenvalue weighted by Gasteiger charge is -2.08. The molecule has 0 saturated carbocycles. The normalized spacial score (nSPS) is 11.0. The second kappa shape index (κ2) is 8.21. The van der Waals surface area contributed by atoms with Gasteiger partial charge in [-0.2, -0.15) is 5.10 Å². The maximum atomic E-state index is 13.4. The highest BCUT2D eigenvalue weighted by Crippen LogP contribution is 2.26. The van der Waals surface area contributed by atoms with Crippen LogP contribution in [-0.2, 0) is 0 Å². The molecular formula is C25H16N4O5. The summed E-state index contributed by atoms with van der Waals surface area (Å²) in [5, 5.41) is 15.7. The van der Waals surface area contributed by atoms with Gasteiger partial charge in [-0.15, -0.1) is 0 Å². The molecule has 0 radical (unpaired) electrons. The van der Waals surface area contributed by atoms with Crippen molar-refractivity contribution in [1.29, 1.82) is 0 Å². The van der Waals surface area contributed by atoms with E-state index in [1.165, 1.54) is 35.9 Å². The summed E-state index contributed by atoms with van der Waals surface area (Å²) in [5.74, 6) is -0.173. The first-order chi connectivity index (χ1) is 16.5. The maximum absolute atomic E-state index is 13.4. The number of carbonyl (C=O) groups excluding carboxylic acids is 2. The van der Waals surface area contributed by atoms with Crippen LogP contribution in [0.25, 0.3) is 16.7 Å². The van der Waals surface area contributed by atoms with Gasteiger partial charge in [-0.25, -0.2) is 9.50 Å². The molecule has 0 N–H and O–H groups in total. The molecule has 0 atom stereocenters. The lowest BCUT2D eigenvalue weighted by Crippen LogP contribution is -2.13. The van der Waals surface area contributed by atoms with Gasteiger partial charge in [-0.3, -0.25) is 19.7 Å². The minimum Gasteiger partial charge on any atom is -0.497 e. The van der Waals surface area contributed by atoms with E-state index in [0.29, 0.717) is 27.9 Å². The molecule has 0 unspecified atom stereocenters. The van der Waals surface area contributed by atoms with Crippen LogP contribution in [0.4, 0.5) is 5.69 Å². The fourth-order valence-corrected chi connectivity index (χ4v) is 3.69. The SMILES string of the molecule is COc1ccc(C(=O)c2cc(C(=O)c3ccccc3)c3nc4ccc([N+](=O)[O-])cc4n3n2)cc1. The number of hydrogen-bond donors (Lipinski definition) is 0. The number of fused-ring (bicyclic) bond motifs is 3. The van der Waals surface area contributed by atoms with Gasteiger partial charge in [0.1, 0.15) is 11.4 Å². The highest BCUT2D eigenvalue weighted by atomic mass is 16.6. The van der Waals surface area contributed by atoms with E-state index in [1.807, 2.05) is 0 Å². The smallest absolute Gasteiger partial charge is 0.271 e. The maximum Gasteiger partial charge on any atom is 0.271 e. The molecule has 5 aromatic rings. The number of ketones is 2. The van der Waals surface area contributed by atoms with Crippen molar-refractivity contribution in [1.82, 2.24) is 14.6 Å². The molecule has 0 aliphatic heterocycles. The second-order valence-electron chi connectivity index (χ2n) is 7.47. The van der Waals surface area contributed by atoms with Gasteiger partial charge >= 0.3 is 0 Å². The zero-order valence-electron chi connectivity index (χ0n) is 17.8. The van der Waals surface area contributed by atoms with Gasteiger partial charge in [-0.1, -0.05) is 30.3 Å². The highest BCUT2D eigenvalue weighted by molar-refractivity contribution is 6.15. The summed E-state index contributed by atoms with van der Waals surface area (Å²) in [4.78, 5) is 41.9. The summed E-state index contributed by atoms with van der Waals surface area (Å²) in [6.07, 6.45) is 0. The molecular weight excluding hydrogens is 436 g/mol. The Labute approximate surface area is 192 Å². The van der Waals surface area contributed by atoms with Gasteiger partial charge < -0.3 is 4.74 Å². The number of methoxy groups -OCH3 is 1. The summed E-state index contributed by atoms with van der Waals surface area (Å²) >= 11 is 0. The number of nitro groups is 1. The van der Waals surface area contributed by atoms with Crippen LogP contribution in [0.1, 0.15) is 32.0 Å². The van der Waals surface area contributed by atoms with Crippen LogP contribution in [0, 0.1) is 10.1 Å². The summed E-state index contributed by atoms with van der Waals surface area (Å²) in [5.41, 5.74) is 1.71. The van der Waals surface area contributed by atoms with Crippen molar-refractivity contribution in [2.24, 2.45) is 0 Å². The van der Waals surface area contributed by atoms with Gasteiger partial charge in [0, 0.05) is 23.3 Å². The third-order valence-corrected chi connectivity index (χ3v) is 5.42. The lowest BCUT2D eigenvalue weighted by atomic mass is 10.0. The Hall–Kier alpha value is -4.92. The number of non-ortho nitro benzene ring substituents is 1. The molecule has 9 nitrogen and oxygen atoms in total. The number of hydrogen-bond acceptors (Lipinski definition) is 7. The first kappa shape index (κ1) is 21.0. The molecule has 0 aliphatic rings. The average Bonchev–Trinajstić information content (AvgIpc) is 3.25. The Balaban J connectivity index is 1.75. The van der Waals surface area contributed by atoms with Crippen molar-refractivity contribution in [2.45, 2.75) is 0 Å². The highest BCUT2D eigenvalue weighted by Gasteiger charge is 2.23. The zero-order chi connectivity index (χ0) is 23.8. The van der Waals surface area contributed by atoms with E-state index in [1.54, 1.807) is 54.6 Å². The molecule has 166 valence electrons. The van der Waals surface area contributed by atoms with Crippen LogP contribution < -0.4 is 4.74 Å². The standard InChI is InChI=1S/C25H16N4O5/c1-34-18-10-7-16(8-11-18)24(31)21-14-19(23(30)15-5-3-2-4-6-15)25-26-20-12-9-17(29(32)33)13-22(20)28(25)27-21/h2-14H,1H3. The van der Waals surface area contributed by atoms with Crippen molar-refractivity contribution in [3.8, 4) is 5.75 Å². The molecule has 0 spiro atoms. The molecule has 0 aliphatic carbocycles. The Morgan fingerprint density at radius 3 is 2.29 bits per heavy atom. The van der Waals surface area contributed by atoms with E-state index >= 15 is 0 Å². The van der Waals surface area contributed by atoms with E-state index in [4.69, 9.17) is 4.74 Å². The monoisotopic (exact) mass is 452 g/mol. The van der Waals surface area contributed by atoms with Gasteiger partial charge in [0.15, 0.2) is 11.4 Å². The van der Waals surface area contributed by atoms with Crippen molar-refractivity contribution >= 4 is 33.9 Å². The van der Waals surface area contributed by atoms with E-state index in [0.717, 1.165) is 0 Å². The topological polar surface area (TPSA) is 117 Å². The summed E-state index contributed by atoms with van der Waals surface area (Å²) < 4.78 is 6.46. The second-order valence-corrected chi connectivity index (χ2v) is 7.47. The quantitative estimate of drug-likeness (QED) is 0.215. The van der Waals surface area contributed by atoms with Crippen LogP contribution in [0.15, 0.2) is 78.9 Å². The number of ether oxygens (including phenoxy) is 1. The predicted octanol–water partition coefficient (Wildman–Crippen LogP) is 4.26. The average molecular weight is 452 g/mol. The van der Waals surface area contributed by atoms with Crippen LogP contribution in [0.3, 0.4) is 0 Å². The van der Waals surface area contributed by atoms with E-state index in [9.17, 15) is 19.7 Å². The molecule has 0 bridgehead atoms. The Morgan fingerprint density at radius 1 is 0.912 bits per heavy atom. The van der Waals surface area contributed by atoms with Crippen LogP contribution in [0.5, 0.6) is 5.75 Å². The first-order valence-electron chi connectivity index (χ1n) is 10.2. The van der Waals surface area contributed by atoms with Gasteiger partial charge in [0.2, 0.25) is 5.78 Å². The zero-order valence-corrected chi connectivity index (χ0v) is 17.8. The van der Waals surface area contributed by atoms with E-state index in [2.05, 4.69) is 10.1 Å². The molecule has 0 saturated heterocycles. The van der Waals surface area contributed by atoms with Crippen LogP contribution >= 0.6 is 0 Å². The summed E-state index contributed by atoms with van der Waals surface area (Å²) in [7, 11) is 1.52. The minimum absolute atomic E-state index is 0.00255. The van der Waals surface area contributed by atoms with Crippen molar-refractivity contribution in [3.05, 3.63) is 111 Å². The van der Waals surface area contributed by atoms with Crippen LogP contribution in [0.2, 0.25) is 0 Å². The summed E-state index contributed by atoms with van der Waals surface area (Å²) in [6.45, 7) is 0. The number of carbonyl (C=O) groups is 2. The predicted molar refractivity (Wildman–Crippen MR) is 123 cm³/mol. The molecule has 5 rings (SSSR count). The van der Waals surface area contributed by atoms with Crippen molar-refractivity contribution < 1.29 is 19.2 Å². The van der Waals surface area contributed by atoms with Gasteiger partial charge in [0.05, 0.1) is 28.6 Å². The third-order valence-electron chi connectivity index (χ3n) is 5.42. The molecule has 2 heterocycles.